The largest absolute Gasteiger partial charge is 0.352 e. The highest BCUT2D eigenvalue weighted by atomic mass is 16.7. The molecule has 0 aromatic heterocycles. The standard InChI is InChI=1S/C13H20N2O4/c1-3-18-13(19-4-2)10-14-9-11-7-5-6-8-12(11)15(16)17/h5-8,13-14H,3-4,9-10H2,1-2H3. The van der Waals surface area contributed by atoms with Gasteiger partial charge in [0.15, 0.2) is 6.29 Å². The normalized spacial score (nSPS) is 10.9. The van der Waals surface area contributed by atoms with Gasteiger partial charge < -0.3 is 14.8 Å². The van der Waals surface area contributed by atoms with Crippen LogP contribution in [0.4, 0.5) is 5.69 Å². The number of hydrogen-bond donors (Lipinski definition) is 1. The molecule has 0 aliphatic carbocycles. The quantitative estimate of drug-likeness (QED) is 0.421. The van der Waals surface area contributed by atoms with Gasteiger partial charge in [-0.05, 0) is 13.8 Å². The Morgan fingerprint density at radius 3 is 2.47 bits per heavy atom. The van der Waals surface area contributed by atoms with Gasteiger partial charge in [-0.25, -0.2) is 0 Å². The first-order chi connectivity index (χ1) is 9.19. The Bertz CT molecular complexity index is 392. The van der Waals surface area contributed by atoms with Crippen molar-refractivity contribution < 1.29 is 14.4 Å². The maximum Gasteiger partial charge on any atom is 0.273 e. The molecule has 0 saturated heterocycles. The molecule has 0 atom stereocenters. The number of nitrogens with one attached hydrogen (secondary N) is 1. The fraction of sp³-hybridized carbons (Fsp3) is 0.538. The molecule has 0 unspecified atom stereocenters. The molecule has 0 spiro atoms. The number of benzene rings is 1. The Labute approximate surface area is 112 Å². The van der Waals surface area contributed by atoms with Crippen molar-refractivity contribution in [1.82, 2.24) is 5.32 Å². The summed E-state index contributed by atoms with van der Waals surface area (Å²) < 4.78 is 10.8. The zero-order valence-corrected chi connectivity index (χ0v) is 11.3. The molecule has 1 rings (SSSR count). The molecule has 0 radical (unpaired) electrons. The van der Waals surface area contributed by atoms with E-state index in [-0.39, 0.29) is 16.9 Å². The van der Waals surface area contributed by atoms with Gasteiger partial charge in [0.05, 0.1) is 4.92 Å². The summed E-state index contributed by atoms with van der Waals surface area (Å²) in [6.45, 7) is 5.83. The molecule has 0 aliphatic heterocycles. The maximum absolute atomic E-state index is 10.9. The van der Waals surface area contributed by atoms with Crippen LogP contribution in [0, 0.1) is 10.1 Å². The summed E-state index contributed by atoms with van der Waals surface area (Å²) in [4.78, 5) is 10.5. The summed E-state index contributed by atoms with van der Waals surface area (Å²) in [7, 11) is 0. The molecule has 6 heteroatoms. The van der Waals surface area contributed by atoms with Crippen LogP contribution in [-0.4, -0.2) is 31.0 Å². The molecule has 0 aliphatic rings. The van der Waals surface area contributed by atoms with E-state index in [0.717, 1.165) is 0 Å². The first-order valence-electron chi connectivity index (χ1n) is 6.35. The minimum atomic E-state index is -0.375. The third kappa shape index (κ3) is 5.34. The van der Waals surface area contributed by atoms with Crippen LogP contribution in [-0.2, 0) is 16.0 Å². The van der Waals surface area contributed by atoms with E-state index in [1.165, 1.54) is 6.07 Å². The number of ether oxygens (including phenoxy) is 2. The van der Waals surface area contributed by atoms with Crippen molar-refractivity contribution in [2.75, 3.05) is 19.8 Å². The Kier molecular flexibility index (Phi) is 7.02. The second kappa shape index (κ2) is 8.58. The Hall–Kier alpha value is -1.50. The number of para-hydroxylation sites is 1. The molecule has 6 nitrogen and oxygen atoms in total. The zero-order chi connectivity index (χ0) is 14.1. The lowest BCUT2D eigenvalue weighted by Crippen LogP contribution is -2.31. The van der Waals surface area contributed by atoms with Crippen LogP contribution in [0.5, 0.6) is 0 Å². The van der Waals surface area contributed by atoms with Gasteiger partial charge >= 0.3 is 0 Å². The summed E-state index contributed by atoms with van der Waals surface area (Å²) in [6, 6.07) is 6.68. The molecular weight excluding hydrogens is 248 g/mol. The molecule has 106 valence electrons. The molecule has 1 N–H and O–H groups in total. The number of nitrogens with zero attached hydrogens (tertiary/aromatic N) is 1. The van der Waals surface area contributed by atoms with Crippen molar-refractivity contribution in [3.8, 4) is 0 Å². The molecule has 0 amide bonds. The van der Waals surface area contributed by atoms with Crippen LogP contribution in [0.15, 0.2) is 24.3 Å². The number of nitro groups is 1. The summed E-state index contributed by atoms with van der Waals surface area (Å²) >= 11 is 0. The van der Waals surface area contributed by atoms with E-state index in [0.29, 0.717) is 31.9 Å². The lowest BCUT2D eigenvalue weighted by Gasteiger charge is -2.17. The molecule has 1 aromatic rings. The van der Waals surface area contributed by atoms with Gasteiger partial charge in [0.1, 0.15) is 0 Å². The van der Waals surface area contributed by atoms with Crippen LogP contribution in [0.2, 0.25) is 0 Å². The second-order valence-corrected chi connectivity index (χ2v) is 3.86. The number of hydrogen-bond acceptors (Lipinski definition) is 5. The van der Waals surface area contributed by atoms with Crippen molar-refractivity contribution >= 4 is 5.69 Å². The summed E-state index contributed by atoms with van der Waals surface area (Å²) in [5, 5.41) is 14.0. The van der Waals surface area contributed by atoms with Gasteiger partial charge in [-0.1, -0.05) is 18.2 Å². The maximum atomic E-state index is 10.9. The van der Waals surface area contributed by atoms with Gasteiger partial charge in [-0.3, -0.25) is 10.1 Å². The molecule has 1 aromatic carbocycles. The van der Waals surface area contributed by atoms with Crippen molar-refractivity contribution in [1.29, 1.82) is 0 Å². The van der Waals surface area contributed by atoms with Crippen LogP contribution in [0.25, 0.3) is 0 Å². The minimum absolute atomic E-state index is 0.124. The lowest BCUT2D eigenvalue weighted by atomic mass is 10.2. The average molecular weight is 268 g/mol. The van der Waals surface area contributed by atoms with Gasteiger partial charge in [-0.15, -0.1) is 0 Å². The Morgan fingerprint density at radius 1 is 1.26 bits per heavy atom. The minimum Gasteiger partial charge on any atom is -0.352 e. The van der Waals surface area contributed by atoms with E-state index < -0.39 is 0 Å². The highest BCUT2D eigenvalue weighted by Crippen LogP contribution is 2.17. The van der Waals surface area contributed by atoms with E-state index in [2.05, 4.69) is 5.32 Å². The van der Waals surface area contributed by atoms with Crippen LogP contribution < -0.4 is 5.32 Å². The van der Waals surface area contributed by atoms with Crippen molar-refractivity contribution in [3.05, 3.63) is 39.9 Å². The molecule has 0 bridgehead atoms. The number of rotatable bonds is 9. The van der Waals surface area contributed by atoms with Crippen molar-refractivity contribution in [2.24, 2.45) is 0 Å². The van der Waals surface area contributed by atoms with Crippen molar-refractivity contribution in [3.63, 3.8) is 0 Å². The predicted octanol–water partition coefficient (Wildman–Crippen LogP) is 2.08. The smallest absolute Gasteiger partial charge is 0.273 e. The molecule has 0 saturated carbocycles. The fourth-order valence-electron chi connectivity index (χ4n) is 1.70. The first-order valence-corrected chi connectivity index (χ1v) is 6.35. The summed E-state index contributed by atoms with van der Waals surface area (Å²) in [5.41, 5.74) is 0.776. The zero-order valence-electron chi connectivity index (χ0n) is 11.3. The van der Waals surface area contributed by atoms with E-state index in [1.54, 1.807) is 18.2 Å². The van der Waals surface area contributed by atoms with Crippen LogP contribution >= 0.6 is 0 Å². The van der Waals surface area contributed by atoms with Gasteiger partial charge in [0, 0.05) is 37.9 Å². The van der Waals surface area contributed by atoms with Gasteiger partial charge in [-0.2, -0.15) is 0 Å². The Morgan fingerprint density at radius 2 is 1.89 bits per heavy atom. The number of nitro benzene ring substituents is 1. The summed E-state index contributed by atoms with van der Waals surface area (Å²) in [5.74, 6) is 0. The molecular formula is C13H20N2O4. The predicted molar refractivity (Wildman–Crippen MR) is 71.8 cm³/mol. The van der Waals surface area contributed by atoms with E-state index in [9.17, 15) is 10.1 Å². The molecule has 0 heterocycles. The van der Waals surface area contributed by atoms with Gasteiger partial charge in [0.2, 0.25) is 0 Å². The van der Waals surface area contributed by atoms with E-state index in [1.807, 2.05) is 13.8 Å². The third-order valence-electron chi connectivity index (χ3n) is 2.52. The topological polar surface area (TPSA) is 73.6 Å². The highest BCUT2D eigenvalue weighted by molar-refractivity contribution is 5.39. The molecule has 0 fully saturated rings. The van der Waals surface area contributed by atoms with Gasteiger partial charge in [0.25, 0.3) is 5.69 Å². The fourth-order valence-corrected chi connectivity index (χ4v) is 1.70. The monoisotopic (exact) mass is 268 g/mol. The Balaban J connectivity index is 2.50. The summed E-state index contributed by atoms with van der Waals surface area (Å²) in [6.07, 6.45) is -0.322. The average Bonchev–Trinajstić information content (AvgIpc) is 2.39. The van der Waals surface area contributed by atoms with E-state index in [4.69, 9.17) is 9.47 Å². The van der Waals surface area contributed by atoms with E-state index >= 15 is 0 Å². The van der Waals surface area contributed by atoms with Crippen LogP contribution in [0.1, 0.15) is 19.4 Å². The first kappa shape index (κ1) is 15.6. The second-order valence-electron chi connectivity index (χ2n) is 3.86. The van der Waals surface area contributed by atoms with Crippen molar-refractivity contribution in [2.45, 2.75) is 26.7 Å². The third-order valence-corrected chi connectivity index (χ3v) is 2.52. The molecule has 19 heavy (non-hydrogen) atoms. The highest BCUT2D eigenvalue weighted by Gasteiger charge is 2.13. The van der Waals surface area contributed by atoms with Crippen LogP contribution in [0.3, 0.4) is 0 Å². The SMILES string of the molecule is CCOC(CNCc1ccccc1[N+](=O)[O-])OCC. The lowest BCUT2D eigenvalue weighted by molar-refractivity contribution is -0.385.